The van der Waals surface area contributed by atoms with Crippen molar-refractivity contribution >= 4 is 35.0 Å². The predicted molar refractivity (Wildman–Crippen MR) is 74.5 cm³/mol. The van der Waals surface area contributed by atoms with Crippen molar-refractivity contribution in [3.63, 3.8) is 0 Å². The number of hydrogen-bond donors (Lipinski definition) is 2. The van der Waals surface area contributed by atoms with Crippen molar-refractivity contribution in [1.29, 1.82) is 0 Å². The van der Waals surface area contributed by atoms with Crippen LogP contribution >= 0.6 is 23.1 Å². The second kappa shape index (κ2) is 6.24. The largest absolute Gasteiger partial charge is 0.481 e. The van der Waals surface area contributed by atoms with Crippen LogP contribution in [0.1, 0.15) is 29.9 Å². The summed E-state index contributed by atoms with van der Waals surface area (Å²) >= 11 is 2.93. The molecule has 1 amide bonds. The number of thioether (sulfide) groups is 1. The van der Waals surface area contributed by atoms with E-state index in [0.29, 0.717) is 17.8 Å². The fourth-order valence-electron chi connectivity index (χ4n) is 1.30. The van der Waals surface area contributed by atoms with E-state index in [2.05, 4.69) is 5.32 Å². The number of carbonyl (C=O) groups is 2. The molecule has 0 aromatic carbocycles. The second-order valence-electron chi connectivity index (χ2n) is 4.51. The predicted octanol–water partition coefficient (Wildman–Crippen LogP) is 2.70. The van der Waals surface area contributed by atoms with Gasteiger partial charge < -0.3 is 10.4 Å². The van der Waals surface area contributed by atoms with Crippen molar-refractivity contribution in [2.24, 2.45) is 5.41 Å². The molecule has 0 atom stereocenters. The Morgan fingerprint density at radius 2 is 2.17 bits per heavy atom. The molecule has 100 valence electrons. The Kier molecular flexibility index (Phi) is 5.22. The Hall–Kier alpha value is -1.01. The SMILES string of the molecule is CSc1ccsc1C(=O)NCCC(C)(C)C(=O)O. The maximum absolute atomic E-state index is 11.9. The van der Waals surface area contributed by atoms with Gasteiger partial charge in [0.05, 0.1) is 5.41 Å². The van der Waals surface area contributed by atoms with Crippen LogP contribution in [0.15, 0.2) is 16.3 Å². The third-order valence-electron chi connectivity index (χ3n) is 2.67. The average Bonchev–Trinajstić information content (AvgIpc) is 2.76. The van der Waals surface area contributed by atoms with E-state index in [1.807, 2.05) is 17.7 Å². The van der Waals surface area contributed by atoms with E-state index in [4.69, 9.17) is 5.11 Å². The lowest BCUT2D eigenvalue weighted by Gasteiger charge is -2.18. The monoisotopic (exact) mass is 287 g/mol. The van der Waals surface area contributed by atoms with Crippen molar-refractivity contribution in [2.75, 3.05) is 12.8 Å². The quantitative estimate of drug-likeness (QED) is 0.789. The van der Waals surface area contributed by atoms with Gasteiger partial charge in [-0.15, -0.1) is 23.1 Å². The lowest BCUT2D eigenvalue weighted by Crippen LogP contribution is -2.31. The van der Waals surface area contributed by atoms with E-state index in [1.54, 1.807) is 13.8 Å². The minimum atomic E-state index is -0.849. The van der Waals surface area contributed by atoms with E-state index in [1.165, 1.54) is 23.1 Å². The fourth-order valence-corrected chi connectivity index (χ4v) is 2.97. The van der Waals surface area contributed by atoms with Crippen LogP contribution < -0.4 is 5.32 Å². The van der Waals surface area contributed by atoms with Gasteiger partial charge >= 0.3 is 5.97 Å². The first-order valence-corrected chi connectivity index (χ1v) is 7.62. The third kappa shape index (κ3) is 3.74. The molecule has 4 nitrogen and oxygen atoms in total. The molecule has 0 bridgehead atoms. The summed E-state index contributed by atoms with van der Waals surface area (Å²) in [7, 11) is 0. The highest BCUT2D eigenvalue weighted by Gasteiger charge is 2.26. The van der Waals surface area contributed by atoms with E-state index < -0.39 is 11.4 Å². The highest BCUT2D eigenvalue weighted by molar-refractivity contribution is 7.98. The Morgan fingerprint density at radius 1 is 1.50 bits per heavy atom. The molecule has 2 N–H and O–H groups in total. The smallest absolute Gasteiger partial charge is 0.309 e. The molecule has 1 rings (SSSR count). The van der Waals surface area contributed by atoms with Crippen LogP contribution in [-0.2, 0) is 4.79 Å². The number of carbonyl (C=O) groups excluding carboxylic acids is 1. The molecular formula is C12H17NO3S2. The molecule has 0 saturated carbocycles. The zero-order valence-electron chi connectivity index (χ0n) is 10.6. The van der Waals surface area contributed by atoms with Gasteiger partial charge in [-0.2, -0.15) is 0 Å². The van der Waals surface area contributed by atoms with E-state index in [-0.39, 0.29) is 5.91 Å². The summed E-state index contributed by atoms with van der Waals surface area (Å²) in [6.07, 6.45) is 2.33. The summed E-state index contributed by atoms with van der Waals surface area (Å²) in [5.74, 6) is -0.979. The minimum absolute atomic E-state index is 0.129. The van der Waals surface area contributed by atoms with Crippen molar-refractivity contribution in [2.45, 2.75) is 25.2 Å². The van der Waals surface area contributed by atoms with Gasteiger partial charge in [-0.25, -0.2) is 0 Å². The molecular weight excluding hydrogens is 270 g/mol. The van der Waals surface area contributed by atoms with Crippen LogP contribution in [0.5, 0.6) is 0 Å². The molecule has 0 radical (unpaired) electrons. The van der Waals surface area contributed by atoms with Crippen LogP contribution in [-0.4, -0.2) is 29.8 Å². The highest BCUT2D eigenvalue weighted by atomic mass is 32.2. The number of nitrogens with one attached hydrogen (secondary N) is 1. The summed E-state index contributed by atoms with van der Waals surface area (Å²) in [6, 6.07) is 1.91. The van der Waals surface area contributed by atoms with E-state index in [9.17, 15) is 9.59 Å². The van der Waals surface area contributed by atoms with Gasteiger partial charge in [0.25, 0.3) is 5.91 Å². The second-order valence-corrected chi connectivity index (χ2v) is 6.28. The molecule has 0 saturated heterocycles. The molecule has 0 fully saturated rings. The molecule has 18 heavy (non-hydrogen) atoms. The van der Waals surface area contributed by atoms with Crippen molar-refractivity contribution in [3.8, 4) is 0 Å². The molecule has 1 heterocycles. The third-order valence-corrected chi connectivity index (χ3v) is 4.49. The van der Waals surface area contributed by atoms with Crippen LogP contribution in [0.4, 0.5) is 0 Å². The van der Waals surface area contributed by atoms with E-state index >= 15 is 0 Å². The first kappa shape index (κ1) is 15.0. The molecule has 1 aromatic rings. The maximum atomic E-state index is 11.9. The highest BCUT2D eigenvalue weighted by Crippen LogP contribution is 2.25. The molecule has 0 spiro atoms. The van der Waals surface area contributed by atoms with Crippen LogP contribution in [0, 0.1) is 5.41 Å². The lowest BCUT2D eigenvalue weighted by molar-refractivity contribution is -0.147. The number of carboxylic acids is 1. The number of hydrogen-bond acceptors (Lipinski definition) is 4. The summed E-state index contributed by atoms with van der Waals surface area (Å²) in [5, 5.41) is 13.6. The molecule has 0 unspecified atom stereocenters. The zero-order valence-corrected chi connectivity index (χ0v) is 12.3. The molecule has 1 aromatic heterocycles. The van der Waals surface area contributed by atoms with Gasteiger partial charge in [0.1, 0.15) is 4.88 Å². The van der Waals surface area contributed by atoms with Crippen molar-refractivity contribution < 1.29 is 14.7 Å². The number of thiophene rings is 1. The molecule has 0 aliphatic rings. The van der Waals surface area contributed by atoms with Gasteiger partial charge in [-0.3, -0.25) is 9.59 Å². The first-order chi connectivity index (χ1) is 8.38. The molecule has 6 heteroatoms. The topological polar surface area (TPSA) is 66.4 Å². The van der Waals surface area contributed by atoms with Crippen LogP contribution in [0.25, 0.3) is 0 Å². The number of rotatable bonds is 6. The molecule has 0 aliphatic heterocycles. The molecule has 0 aliphatic carbocycles. The van der Waals surface area contributed by atoms with Gasteiger partial charge in [0, 0.05) is 11.4 Å². The maximum Gasteiger partial charge on any atom is 0.309 e. The Bertz CT molecular complexity index is 440. The summed E-state index contributed by atoms with van der Waals surface area (Å²) < 4.78 is 0. The van der Waals surface area contributed by atoms with Gasteiger partial charge in [-0.1, -0.05) is 0 Å². The summed E-state index contributed by atoms with van der Waals surface area (Å²) in [4.78, 5) is 24.4. The standard InChI is InChI=1S/C12H17NO3S2/c1-12(2,11(15)16)5-6-13-10(14)9-8(17-3)4-7-18-9/h4,7H,5-6H2,1-3H3,(H,13,14)(H,15,16). The number of carboxylic acid groups (broad SMARTS) is 1. The first-order valence-electron chi connectivity index (χ1n) is 5.51. The summed E-state index contributed by atoms with van der Waals surface area (Å²) in [6.45, 7) is 3.67. The zero-order chi connectivity index (χ0) is 13.8. The lowest BCUT2D eigenvalue weighted by atomic mass is 9.90. The van der Waals surface area contributed by atoms with Crippen molar-refractivity contribution in [3.05, 3.63) is 16.3 Å². The minimum Gasteiger partial charge on any atom is -0.481 e. The Morgan fingerprint density at radius 3 is 2.72 bits per heavy atom. The van der Waals surface area contributed by atoms with Crippen LogP contribution in [0.3, 0.4) is 0 Å². The van der Waals surface area contributed by atoms with E-state index in [0.717, 1.165) is 4.90 Å². The van der Waals surface area contributed by atoms with Gasteiger partial charge in [-0.05, 0) is 38.0 Å². The van der Waals surface area contributed by atoms with Gasteiger partial charge in [0.2, 0.25) is 0 Å². The number of amides is 1. The average molecular weight is 287 g/mol. The fraction of sp³-hybridized carbons (Fsp3) is 0.500. The summed E-state index contributed by atoms with van der Waals surface area (Å²) in [5.41, 5.74) is -0.814. The van der Waals surface area contributed by atoms with Gasteiger partial charge in [0.15, 0.2) is 0 Å². The van der Waals surface area contributed by atoms with Crippen LogP contribution in [0.2, 0.25) is 0 Å². The van der Waals surface area contributed by atoms with Crippen molar-refractivity contribution in [1.82, 2.24) is 5.32 Å². The number of aliphatic carboxylic acids is 1. The Balaban J connectivity index is 2.50. The Labute approximate surface area is 115 Å². The normalized spacial score (nSPS) is 11.3.